The number of fused-ring (bicyclic) bond motifs is 1. The Morgan fingerprint density at radius 1 is 1.20 bits per heavy atom. The second-order valence-electron chi connectivity index (χ2n) is 9.43. The molecule has 2 aromatic rings. The first-order valence-electron chi connectivity index (χ1n) is 11.3. The van der Waals surface area contributed by atoms with Crippen molar-refractivity contribution < 1.29 is 9.53 Å². The molecular formula is C24H32N4O2. The molecule has 0 bridgehead atoms. The summed E-state index contributed by atoms with van der Waals surface area (Å²) in [6.07, 6.45) is 8.65. The third kappa shape index (κ3) is 4.60. The molecule has 1 aromatic carbocycles. The molecule has 2 heterocycles. The molecule has 0 radical (unpaired) electrons. The van der Waals surface area contributed by atoms with E-state index < -0.39 is 0 Å². The summed E-state index contributed by atoms with van der Waals surface area (Å²) in [6, 6.07) is 10.8. The average molecular weight is 409 g/mol. The molecule has 4 atom stereocenters. The van der Waals surface area contributed by atoms with Crippen LogP contribution in [0.2, 0.25) is 0 Å². The third-order valence-corrected chi connectivity index (χ3v) is 6.91. The lowest BCUT2D eigenvalue weighted by Gasteiger charge is -2.38. The molecule has 1 N–H and O–H groups in total. The van der Waals surface area contributed by atoms with Crippen LogP contribution in [0.1, 0.15) is 38.2 Å². The Kier molecular flexibility index (Phi) is 5.61. The number of benzene rings is 1. The van der Waals surface area contributed by atoms with Gasteiger partial charge in [-0.05, 0) is 67.2 Å². The highest BCUT2D eigenvalue weighted by atomic mass is 16.5. The van der Waals surface area contributed by atoms with Crippen molar-refractivity contribution in [3.8, 4) is 5.69 Å². The van der Waals surface area contributed by atoms with Gasteiger partial charge in [0.2, 0.25) is 5.91 Å². The van der Waals surface area contributed by atoms with E-state index in [1.54, 1.807) is 6.92 Å². The molecule has 1 aliphatic heterocycles. The van der Waals surface area contributed by atoms with Crippen molar-refractivity contribution in [2.45, 2.75) is 51.3 Å². The quantitative estimate of drug-likeness (QED) is 0.765. The first-order chi connectivity index (χ1) is 14.6. The Morgan fingerprint density at radius 3 is 2.77 bits per heavy atom. The first kappa shape index (κ1) is 19.8. The second-order valence-corrected chi connectivity index (χ2v) is 9.43. The number of carbonyl (C=O) groups excluding carboxylic acids is 1. The number of rotatable bonds is 7. The predicted octanol–water partition coefficient (Wildman–Crippen LogP) is 3.01. The van der Waals surface area contributed by atoms with Crippen LogP contribution >= 0.6 is 0 Å². The van der Waals surface area contributed by atoms with Crippen molar-refractivity contribution in [2.75, 3.05) is 19.7 Å². The smallest absolute Gasteiger partial charge is 0.217 e. The maximum atomic E-state index is 11.8. The van der Waals surface area contributed by atoms with E-state index in [9.17, 15) is 4.79 Å². The highest BCUT2D eigenvalue weighted by Crippen LogP contribution is 2.39. The van der Waals surface area contributed by atoms with Gasteiger partial charge in [0, 0.05) is 45.6 Å². The number of nitrogens with one attached hydrogen (secondary N) is 1. The molecule has 30 heavy (non-hydrogen) atoms. The molecule has 0 unspecified atom stereocenters. The van der Waals surface area contributed by atoms with Crippen LogP contribution in [-0.2, 0) is 16.1 Å². The molecule has 6 nitrogen and oxygen atoms in total. The number of aromatic nitrogens is 2. The maximum absolute atomic E-state index is 11.8. The summed E-state index contributed by atoms with van der Waals surface area (Å²) in [4.78, 5) is 14.3. The lowest BCUT2D eigenvalue weighted by Crippen LogP contribution is -2.50. The Morgan fingerprint density at radius 2 is 2.03 bits per heavy atom. The molecule has 2 saturated carbocycles. The van der Waals surface area contributed by atoms with Crippen LogP contribution in [0.3, 0.4) is 0 Å². The van der Waals surface area contributed by atoms with Crippen molar-refractivity contribution in [3.63, 3.8) is 0 Å². The number of likely N-dealkylation sites (tertiary alicyclic amines) is 1. The minimum atomic E-state index is 0.0590. The first-order valence-corrected chi connectivity index (χ1v) is 11.3. The number of hydrogen-bond donors (Lipinski definition) is 1. The minimum absolute atomic E-state index is 0.0590. The normalized spacial score (nSPS) is 29.0. The largest absolute Gasteiger partial charge is 0.376 e. The van der Waals surface area contributed by atoms with E-state index in [4.69, 9.17) is 4.74 Å². The summed E-state index contributed by atoms with van der Waals surface area (Å²) < 4.78 is 8.21. The summed E-state index contributed by atoms with van der Waals surface area (Å²) in [5.74, 6) is 2.11. The van der Waals surface area contributed by atoms with Crippen molar-refractivity contribution in [1.82, 2.24) is 20.0 Å². The fourth-order valence-electron chi connectivity index (χ4n) is 5.26. The average Bonchev–Trinajstić information content (AvgIpc) is 3.22. The van der Waals surface area contributed by atoms with Crippen molar-refractivity contribution in [3.05, 3.63) is 48.3 Å². The Balaban J connectivity index is 1.23. The van der Waals surface area contributed by atoms with Gasteiger partial charge in [0.05, 0.1) is 17.8 Å². The van der Waals surface area contributed by atoms with E-state index in [2.05, 4.69) is 39.6 Å². The van der Waals surface area contributed by atoms with Crippen LogP contribution in [0.25, 0.3) is 5.69 Å². The van der Waals surface area contributed by atoms with Gasteiger partial charge >= 0.3 is 0 Å². The zero-order valence-corrected chi connectivity index (χ0v) is 17.7. The van der Waals surface area contributed by atoms with Crippen LogP contribution in [-0.4, -0.2) is 52.4 Å². The van der Waals surface area contributed by atoms with Crippen LogP contribution < -0.4 is 5.32 Å². The zero-order valence-electron chi connectivity index (χ0n) is 17.7. The fourth-order valence-corrected chi connectivity index (χ4v) is 5.26. The summed E-state index contributed by atoms with van der Waals surface area (Å²) in [6.45, 7) is 5.66. The molecule has 2 aliphatic carbocycles. The van der Waals surface area contributed by atoms with E-state index in [1.165, 1.54) is 18.4 Å². The summed E-state index contributed by atoms with van der Waals surface area (Å²) in [5, 5.41) is 7.53. The van der Waals surface area contributed by atoms with Gasteiger partial charge in [-0.1, -0.05) is 12.1 Å². The molecule has 3 fully saturated rings. The maximum Gasteiger partial charge on any atom is 0.217 e. The van der Waals surface area contributed by atoms with E-state index in [0.717, 1.165) is 50.7 Å². The number of nitrogens with zero attached hydrogens (tertiary/aromatic N) is 3. The number of hydrogen-bond acceptors (Lipinski definition) is 4. The Bertz CT molecular complexity index is 864. The molecule has 160 valence electrons. The lowest BCUT2D eigenvalue weighted by atomic mass is 9.77. The van der Waals surface area contributed by atoms with Gasteiger partial charge in [-0.25, -0.2) is 4.68 Å². The SMILES string of the molecule is CC(=O)N[C@@H]1C[C@@H]2CN(Cc3cccc(-n4cccn4)c3)C[C@@H]2C[C@H]1OCC1CC1. The standard InChI is InChI=1S/C24H32N4O2/c1-17(29)26-23-11-20-14-27(15-21(20)12-24(23)30-16-18-6-7-18)13-19-4-2-5-22(10-19)28-9-3-8-25-28/h2-5,8-10,18,20-21,23-24H,6-7,11-16H2,1H3,(H,26,29)/t20-,21+,23-,24-/m1/s1. The van der Waals surface area contributed by atoms with Gasteiger partial charge in [0.25, 0.3) is 0 Å². The Hall–Kier alpha value is -2.18. The van der Waals surface area contributed by atoms with Crippen molar-refractivity contribution in [2.24, 2.45) is 17.8 Å². The topological polar surface area (TPSA) is 59.4 Å². The number of carbonyl (C=O) groups is 1. The predicted molar refractivity (Wildman–Crippen MR) is 115 cm³/mol. The second kappa shape index (κ2) is 8.52. The Labute approximate surface area is 178 Å². The van der Waals surface area contributed by atoms with Gasteiger partial charge in [0.1, 0.15) is 0 Å². The van der Waals surface area contributed by atoms with E-state index >= 15 is 0 Å². The van der Waals surface area contributed by atoms with E-state index in [-0.39, 0.29) is 18.1 Å². The van der Waals surface area contributed by atoms with Gasteiger partial charge in [0.15, 0.2) is 0 Å². The molecular weight excluding hydrogens is 376 g/mol. The molecule has 0 spiro atoms. The van der Waals surface area contributed by atoms with Gasteiger partial charge in [-0.3, -0.25) is 9.69 Å². The van der Waals surface area contributed by atoms with Crippen LogP contribution in [0.5, 0.6) is 0 Å². The summed E-state index contributed by atoms with van der Waals surface area (Å²) in [7, 11) is 0. The van der Waals surface area contributed by atoms with Crippen LogP contribution in [0.15, 0.2) is 42.7 Å². The molecule has 3 aliphatic rings. The van der Waals surface area contributed by atoms with Gasteiger partial charge in [-0.15, -0.1) is 0 Å². The van der Waals surface area contributed by atoms with Crippen molar-refractivity contribution >= 4 is 5.91 Å². The van der Waals surface area contributed by atoms with Gasteiger partial charge in [-0.2, -0.15) is 5.10 Å². The van der Waals surface area contributed by atoms with E-state index in [0.29, 0.717) is 11.8 Å². The van der Waals surface area contributed by atoms with Crippen LogP contribution in [0, 0.1) is 17.8 Å². The molecule has 5 rings (SSSR count). The van der Waals surface area contributed by atoms with Crippen LogP contribution in [0.4, 0.5) is 0 Å². The highest BCUT2D eigenvalue weighted by molar-refractivity contribution is 5.73. The molecule has 1 saturated heterocycles. The zero-order chi connectivity index (χ0) is 20.5. The molecule has 1 amide bonds. The highest BCUT2D eigenvalue weighted by Gasteiger charge is 2.43. The fraction of sp³-hybridized carbons (Fsp3) is 0.583. The van der Waals surface area contributed by atoms with Gasteiger partial charge < -0.3 is 10.1 Å². The lowest BCUT2D eigenvalue weighted by molar-refractivity contribution is -0.122. The van der Waals surface area contributed by atoms with E-state index in [1.807, 2.05) is 23.1 Å². The molecule has 1 aromatic heterocycles. The van der Waals surface area contributed by atoms with Crippen molar-refractivity contribution in [1.29, 1.82) is 0 Å². The third-order valence-electron chi connectivity index (χ3n) is 6.91. The summed E-state index contributed by atoms with van der Waals surface area (Å²) in [5.41, 5.74) is 2.43. The summed E-state index contributed by atoms with van der Waals surface area (Å²) >= 11 is 0. The monoisotopic (exact) mass is 408 g/mol. The minimum Gasteiger partial charge on any atom is -0.376 e. The molecule has 6 heteroatoms. The number of amides is 1. The number of ether oxygens (including phenoxy) is 1.